The van der Waals surface area contributed by atoms with Crippen molar-refractivity contribution in [2.45, 2.75) is 19.3 Å². The molecule has 0 fully saturated rings. The van der Waals surface area contributed by atoms with Crippen LogP contribution in [0.1, 0.15) is 18.4 Å². The van der Waals surface area contributed by atoms with E-state index >= 15 is 0 Å². The van der Waals surface area contributed by atoms with Crippen LogP contribution in [0.5, 0.6) is 0 Å². The van der Waals surface area contributed by atoms with Crippen LogP contribution in [0.4, 0.5) is 0 Å². The maximum Gasteiger partial charge on any atom is 0.137 e. The Hall–Kier alpha value is -0.420. The molecule has 0 radical (unpaired) electrons. The summed E-state index contributed by atoms with van der Waals surface area (Å²) in [6.45, 7) is 0.596. The largest absolute Gasteiger partial charge is 0.330 e. The van der Waals surface area contributed by atoms with E-state index in [1.807, 2.05) is 24.3 Å². The molecule has 1 aromatic carbocycles. The fourth-order valence-electron chi connectivity index (χ4n) is 1.22. The van der Waals surface area contributed by atoms with Gasteiger partial charge in [0.2, 0.25) is 0 Å². The van der Waals surface area contributed by atoms with Gasteiger partial charge in [-0.25, -0.2) is 0 Å². The van der Waals surface area contributed by atoms with Crippen LogP contribution in [0.25, 0.3) is 0 Å². The lowest BCUT2D eigenvalue weighted by Crippen LogP contribution is -2.06. The highest BCUT2D eigenvalue weighted by molar-refractivity contribution is 14.1. The zero-order chi connectivity index (χ0) is 10.4. The van der Waals surface area contributed by atoms with Crippen LogP contribution in [-0.4, -0.2) is 12.3 Å². The molecule has 0 aliphatic carbocycles. The molecule has 2 N–H and O–H groups in total. The highest BCUT2D eigenvalue weighted by Gasteiger charge is 2.02. The number of halogens is 1. The lowest BCUT2D eigenvalue weighted by Gasteiger charge is -2.00. The lowest BCUT2D eigenvalue weighted by atomic mass is 10.1. The molecule has 3 heteroatoms. The standard InChI is InChI=1S/C11H14INO/c12-10-5-3-9(4-6-10)8-11(14)2-1-7-13/h3-6H,1-2,7-8,13H2. The van der Waals surface area contributed by atoms with E-state index in [0.29, 0.717) is 19.4 Å². The van der Waals surface area contributed by atoms with E-state index in [-0.39, 0.29) is 5.78 Å². The minimum absolute atomic E-state index is 0.275. The predicted molar refractivity (Wildman–Crippen MR) is 66.2 cm³/mol. The number of hydrogen-bond donors (Lipinski definition) is 1. The molecule has 0 heterocycles. The minimum Gasteiger partial charge on any atom is -0.330 e. The summed E-state index contributed by atoms with van der Waals surface area (Å²) in [6.07, 6.45) is 1.93. The first-order valence-electron chi connectivity index (χ1n) is 4.68. The maximum atomic E-state index is 11.4. The molecule has 0 atom stereocenters. The Morgan fingerprint density at radius 2 is 1.93 bits per heavy atom. The Labute approximate surface area is 98.0 Å². The molecule has 2 nitrogen and oxygen atoms in total. The van der Waals surface area contributed by atoms with Crippen molar-refractivity contribution in [2.24, 2.45) is 5.73 Å². The zero-order valence-corrected chi connectivity index (χ0v) is 10.2. The van der Waals surface area contributed by atoms with Crippen LogP contribution in [-0.2, 0) is 11.2 Å². The number of hydrogen-bond acceptors (Lipinski definition) is 2. The molecule has 0 aliphatic rings. The van der Waals surface area contributed by atoms with Gasteiger partial charge in [-0.15, -0.1) is 0 Å². The molecule has 76 valence electrons. The van der Waals surface area contributed by atoms with E-state index < -0.39 is 0 Å². The Morgan fingerprint density at radius 1 is 1.29 bits per heavy atom. The number of nitrogens with two attached hydrogens (primary N) is 1. The van der Waals surface area contributed by atoms with E-state index in [2.05, 4.69) is 22.6 Å². The smallest absolute Gasteiger partial charge is 0.137 e. The molecule has 0 bridgehead atoms. The quantitative estimate of drug-likeness (QED) is 0.847. The molecule has 1 aromatic rings. The Balaban J connectivity index is 2.44. The first kappa shape index (κ1) is 11.7. The fourth-order valence-corrected chi connectivity index (χ4v) is 1.58. The van der Waals surface area contributed by atoms with E-state index in [0.717, 1.165) is 12.0 Å². The Kier molecular flexibility index (Phi) is 5.11. The van der Waals surface area contributed by atoms with Crippen LogP contribution in [0, 0.1) is 3.57 Å². The van der Waals surface area contributed by atoms with Crippen LogP contribution < -0.4 is 5.73 Å². The second kappa shape index (κ2) is 6.14. The third-order valence-electron chi connectivity index (χ3n) is 1.97. The van der Waals surface area contributed by atoms with E-state index in [9.17, 15) is 4.79 Å². The van der Waals surface area contributed by atoms with Crippen molar-refractivity contribution in [3.63, 3.8) is 0 Å². The van der Waals surface area contributed by atoms with Gasteiger partial charge < -0.3 is 5.73 Å². The molecule has 0 amide bonds. The van der Waals surface area contributed by atoms with Crippen molar-refractivity contribution in [3.05, 3.63) is 33.4 Å². The second-order valence-electron chi connectivity index (χ2n) is 3.23. The van der Waals surface area contributed by atoms with Gasteiger partial charge >= 0.3 is 0 Å². The number of ketones is 1. The van der Waals surface area contributed by atoms with Gasteiger partial charge in [0.15, 0.2) is 0 Å². The molecule has 0 saturated heterocycles. The number of benzene rings is 1. The van der Waals surface area contributed by atoms with Crippen LogP contribution in [0.15, 0.2) is 24.3 Å². The summed E-state index contributed by atoms with van der Waals surface area (Å²) in [7, 11) is 0. The van der Waals surface area contributed by atoms with Crippen LogP contribution in [0.2, 0.25) is 0 Å². The van der Waals surface area contributed by atoms with E-state index in [4.69, 9.17) is 5.73 Å². The Bertz CT molecular complexity index is 295. The van der Waals surface area contributed by atoms with Crippen LogP contribution in [0.3, 0.4) is 0 Å². The molecule has 0 unspecified atom stereocenters. The average Bonchev–Trinajstić information content (AvgIpc) is 2.18. The Morgan fingerprint density at radius 3 is 2.50 bits per heavy atom. The van der Waals surface area contributed by atoms with Gasteiger partial charge in [-0.1, -0.05) is 12.1 Å². The van der Waals surface area contributed by atoms with Gasteiger partial charge in [-0.3, -0.25) is 4.79 Å². The molecule has 1 rings (SSSR count). The summed E-state index contributed by atoms with van der Waals surface area (Å²) in [4.78, 5) is 11.4. The summed E-state index contributed by atoms with van der Waals surface area (Å²) in [5.74, 6) is 0.275. The third kappa shape index (κ3) is 4.19. The lowest BCUT2D eigenvalue weighted by molar-refractivity contribution is -0.118. The summed E-state index contributed by atoms with van der Waals surface area (Å²) in [5.41, 5.74) is 6.43. The van der Waals surface area contributed by atoms with Gasteiger partial charge in [0.25, 0.3) is 0 Å². The summed E-state index contributed by atoms with van der Waals surface area (Å²) in [6, 6.07) is 8.04. The maximum absolute atomic E-state index is 11.4. The molecule has 0 saturated carbocycles. The summed E-state index contributed by atoms with van der Waals surface area (Å²) >= 11 is 2.25. The predicted octanol–water partition coefficient (Wildman–Crippen LogP) is 2.14. The van der Waals surface area contributed by atoms with Gasteiger partial charge in [0, 0.05) is 16.4 Å². The van der Waals surface area contributed by atoms with Gasteiger partial charge in [-0.2, -0.15) is 0 Å². The first-order chi connectivity index (χ1) is 6.72. The van der Waals surface area contributed by atoms with Gasteiger partial charge in [-0.05, 0) is 53.3 Å². The number of carbonyl (C=O) groups is 1. The number of rotatable bonds is 5. The van der Waals surface area contributed by atoms with E-state index in [1.54, 1.807) is 0 Å². The van der Waals surface area contributed by atoms with Gasteiger partial charge in [0.1, 0.15) is 5.78 Å². The minimum atomic E-state index is 0.275. The monoisotopic (exact) mass is 303 g/mol. The number of Topliss-reactive ketones (excluding diaryl/α,β-unsaturated/α-hetero) is 1. The molecule has 0 spiro atoms. The van der Waals surface area contributed by atoms with Crippen molar-refractivity contribution >= 4 is 28.4 Å². The zero-order valence-electron chi connectivity index (χ0n) is 8.00. The summed E-state index contributed by atoms with van der Waals surface area (Å²) < 4.78 is 1.20. The molecular weight excluding hydrogens is 289 g/mol. The second-order valence-corrected chi connectivity index (χ2v) is 4.48. The SMILES string of the molecule is NCCCC(=O)Cc1ccc(I)cc1. The average molecular weight is 303 g/mol. The molecular formula is C11H14INO. The molecule has 14 heavy (non-hydrogen) atoms. The van der Waals surface area contributed by atoms with Crippen molar-refractivity contribution in [3.8, 4) is 0 Å². The van der Waals surface area contributed by atoms with E-state index in [1.165, 1.54) is 3.57 Å². The highest BCUT2D eigenvalue weighted by atomic mass is 127. The summed E-state index contributed by atoms with van der Waals surface area (Å²) in [5, 5.41) is 0. The van der Waals surface area contributed by atoms with Crippen LogP contribution >= 0.6 is 22.6 Å². The number of carbonyl (C=O) groups excluding carboxylic acids is 1. The fraction of sp³-hybridized carbons (Fsp3) is 0.364. The van der Waals surface area contributed by atoms with Gasteiger partial charge in [0.05, 0.1) is 0 Å². The van der Waals surface area contributed by atoms with Crippen molar-refractivity contribution in [1.29, 1.82) is 0 Å². The first-order valence-corrected chi connectivity index (χ1v) is 5.76. The van der Waals surface area contributed by atoms with Crippen molar-refractivity contribution in [2.75, 3.05) is 6.54 Å². The topological polar surface area (TPSA) is 43.1 Å². The highest BCUT2D eigenvalue weighted by Crippen LogP contribution is 2.08. The normalized spacial score (nSPS) is 10.1. The third-order valence-corrected chi connectivity index (χ3v) is 2.69. The molecule has 0 aliphatic heterocycles. The van der Waals surface area contributed by atoms with Crippen molar-refractivity contribution in [1.82, 2.24) is 0 Å². The molecule has 0 aromatic heterocycles. The van der Waals surface area contributed by atoms with Crippen molar-refractivity contribution < 1.29 is 4.79 Å².